The summed E-state index contributed by atoms with van der Waals surface area (Å²) in [6, 6.07) is 5.69. The molecule has 1 aromatic carbocycles. The number of benzene rings is 1. The number of hydrogen-bond acceptors (Lipinski definition) is 6. The number of aromatic nitrogens is 4. The highest BCUT2D eigenvalue weighted by Crippen LogP contribution is 2.27. The normalized spacial score (nSPS) is 13.0. The van der Waals surface area contributed by atoms with E-state index in [2.05, 4.69) is 20.4 Å². The molecule has 0 unspecified atom stereocenters. The number of rotatable bonds is 5. The lowest BCUT2D eigenvalue weighted by molar-refractivity contribution is 0.354. The van der Waals surface area contributed by atoms with Crippen LogP contribution < -0.4 is 20.3 Å². The number of methoxy groups -OCH3 is 2. The van der Waals surface area contributed by atoms with E-state index in [-0.39, 0.29) is 5.56 Å². The molecule has 0 saturated heterocycles. The number of H-pyrrole nitrogens is 1. The van der Waals surface area contributed by atoms with Crippen LogP contribution in [0.3, 0.4) is 0 Å². The van der Waals surface area contributed by atoms with Crippen LogP contribution >= 0.6 is 0 Å². The molecule has 0 amide bonds. The van der Waals surface area contributed by atoms with E-state index in [1.165, 1.54) is 4.52 Å². The van der Waals surface area contributed by atoms with Crippen molar-refractivity contribution in [1.29, 1.82) is 0 Å². The summed E-state index contributed by atoms with van der Waals surface area (Å²) in [5.41, 5.74) is 2.63. The zero-order valence-electron chi connectivity index (χ0n) is 14.1. The highest BCUT2D eigenvalue weighted by molar-refractivity contribution is 5.45. The summed E-state index contributed by atoms with van der Waals surface area (Å²) in [4.78, 5) is 21.3. The SMILES string of the molecule is COc1ccc(CNc2nc3nc4c(c(=O)n3[nH]2)CCC4)cc1OC. The molecule has 8 nitrogen and oxygen atoms in total. The third-order valence-electron chi connectivity index (χ3n) is 4.42. The van der Waals surface area contributed by atoms with E-state index >= 15 is 0 Å². The van der Waals surface area contributed by atoms with Gasteiger partial charge in [0.15, 0.2) is 11.5 Å². The Morgan fingerprint density at radius 3 is 2.84 bits per heavy atom. The third-order valence-corrected chi connectivity index (χ3v) is 4.42. The molecule has 2 heterocycles. The van der Waals surface area contributed by atoms with Crippen molar-refractivity contribution >= 4 is 11.7 Å². The number of anilines is 1. The van der Waals surface area contributed by atoms with Crippen LogP contribution in [0.15, 0.2) is 23.0 Å². The summed E-state index contributed by atoms with van der Waals surface area (Å²) in [6.45, 7) is 0.522. The molecule has 130 valence electrons. The summed E-state index contributed by atoms with van der Waals surface area (Å²) in [5.74, 6) is 2.25. The molecule has 1 aliphatic rings. The van der Waals surface area contributed by atoms with Gasteiger partial charge in [0.2, 0.25) is 5.95 Å². The van der Waals surface area contributed by atoms with Gasteiger partial charge in [-0.1, -0.05) is 6.07 Å². The standard InChI is InChI=1S/C17H19N5O3/c1-24-13-7-6-10(8-14(13)25-2)9-18-16-20-17-19-12-5-3-4-11(12)15(23)22(17)21-16/h6-8H,3-5,9H2,1-2H3,(H2,18,19,20,21). The Kier molecular flexibility index (Phi) is 3.79. The molecule has 0 atom stereocenters. The van der Waals surface area contributed by atoms with Crippen LogP contribution in [0.2, 0.25) is 0 Å². The van der Waals surface area contributed by atoms with Gasteiger partial charge in [-0.3, -0.25) is 9.89 Å². The smallest absolute Gasteiger partial charge is 0.277 e. The fraction of sp³-hybridized carbons (Fsp3) is 0.353. The molecule has 0 fully saturated rings. The van der Waals surface area contributed by atoms with E-state index in [9.17, 15) is 4.79 Å². The molecular weight excluding hydrogens is 322 g/mol. The molecule has 2 aromatic heterocycles. The maximum atomic E-state index is 12.5. The highest BCUT2D eigenvalue weighted by atomic mass is 16.5. The Bertz CT molecular complexity index is 992. The number of ether oxygens (including phenoxy) is 2. The minimum atomic E-state index is -0.0517. The number of aryl methyl sites for hydroxylation is 1. The van der Waals surface area contributed by atoms with Gasteiger partial charge in [-0.2, -0.15) is 9.50 Å². The Labute approximate surface area is 143 Å². The van der Waals surface area contributed by atoms with Crippen molar-refractivity contribution in [3.8, 4) is 11.5 Å². The largest absolute Gasteiger partial charge is 0.493 e. The number of aromatic amines is 1. The lowest BCUT2D eigenvalue weighted by Gasteiger charge is -2.09. The van der Waals surface area contributed by atoms with Gasteiger partial charge < -0.3 is 14.8 Å². The first-order valence-electron chi connectivity index (χ1n) is 8.15. The molecule has 1 aliphatic carbocycles. The Morgan fingerprint density at radius 1 is 1.20 bits per heavy atom. The molecule has 8 heteroatoms. The van der Waals surface area contributed by atoms with Gasteiger partial charge in [0, 0.05) is 12.1 Å². The van der Waals surface area contributed by atoms with Gasteiger partial charge in [-0.25, -0.2) is 4.98 Å². The molecule has 25 heavy (non-hydrogen) atoms. The van der Waals surface area contributed by atoms with Crippen LogP contribution in [0.1, 0.15) is 23.2 Å². The van der Waals surface area contributed by atoms with Crippen LogP contribution in [-0.2, 0) is 19.4 Å². The number of fused-ring (bicyclic) bond motifs is 2. The van der Waals surface area contributed by atoms with Gasteiger partial charge in [0.05, 0.1) is 19.9 Å². The molecule has 0 radical (unpaired) electrons. The lowest BCUT2D eigenvalue weighted by Crippen LogP contribution is -2.20. The average molecular weight is 341 g/mol. The Balaban J connectivity index is 1.58. The van der Waals surface area contributed by atoms with E-state index < -0.39 is 0 Å². The quantitative estimate of drug-likeness (QED) is 0.731. The molecule has 0 bridgehead atoms. The summed E-state index contributed by atoms with van der Waals surface area (Å²) in [6.07, 6.45) is 2.62. The summed E-state index contributed by atoms with van der Waals surface area (Å²) >= 11 is 0. The van der Waals surface area contributed by atoms with E-state index in [0.717, 1.165) is 36.1 Å². The molecule has 4 rings (SSSR count). The van der Waals surface area contributed by atoms with Crippen molar-refractivity contribution in [3.05, 3.63) is 45.4 Å². The molecule has 0 spiro atoms. The number of hydrogen-bond donors (Lipinski definition) is 2. The van der Waals surface area contributed by atoms with Crippen molar-refractivity contribution in [1.82, 2.24) is 19.6 Å². The first-order valence-corrected chi connectivity index (χ1v) is 8.15. The van der Waals surface area contributed by atoms with Crippen LogP contribution in [0.4, 0.5) is 5.95 Å². The molecular formula is C17H19N5O3. The average Bonchev–Trinajstić information content (AvgIpc) is 3.26. The fourth-order valence-corrected chi connectivity index (χ4v) is 3.14. The fourth-order valence-electron chi connectivity index (χ4n) is 3.14. The molecule has 3 aromatic rings. The first-order chi connectivity index (χ1) is 12.2. The number of nitrogens with one attached hydrogen (secondary N) is 2. The maximum absolute atomic E-state index is 12.5. The second-order valence-corrected chi connectivity index (χ2v) is 5.95. The van der Waals surface area contributed by atoms with Crippen LogP contribution in [0.5, 0.6) is 11.5 Å². The Morgan fingerprint density at radius 2 is 2.04 bits per heavy atom. The van der Waals surface area contributed by atoms with E-state index in [1.807, 2.05) is 18.2 Å². The van der Waals surface area contributed by atoms with Crippen molar-refractivity contribution in [2.45, 2.75) is 25.8 Å². The van der Waals surface area contributed by atoms with Crippen LogP contribution in [-0.4, -0.2) is 33.8 Å². The maximum Gasteiger partial charge on any atom is 0.277 e. The third kappa shape index (κ3) is 2.69. The predicted molar refractivity (Wildman–Crippen MR) is 92.5 cm³/mol. The number of nitrogens with zero attached hydrogens (tertiary/aromatic N) is 3. The van der Waals surface area contributed by atoms with Crippen molar-refractivity contribution in [2.24, 2.45) is 0 Å². The second-order valence-electron chi connectivity index (χ2n) is 5.95. The Hall–Kier alpha value is -3.03. The van der Waals surface area contributed by atoms with E-state index in [0.29, 0.717) is 29.8 Å². The minimum absolute atomic E-state index is 0.0517. The van der Waals surface area contributed by atoms with Crippen molar-refractivity contribution in [2.75, 3.05) is 19.5 Å². The summed E-state index contributed by atoms with van der Waals surface area (Å²) in [7, 11) is 3.21. The monoisotopic (exact) mass is 341 g/mol. The summed E-state index contributed by atoms with van der Waals surface area (Å²) in [5, 5.41) is 6.16. The molecule has 0 aliphatic heterocycles. The van der Waals surface area contributed by atoms with Crippen molar-refractivity contribution < 1.29 is 9.47 Å². The predicted octanol–water partition coefficient (Wildman–Crippen LogP) is 1.54. The van der Waals surface area contributed by atoms with Crippen LogP contribution in [0.25, 0.3) is 5.78 Å². The van der Waals surface area contributed by atoms with Gasteiger partial charge in [-0.05, 0) is 37.0 Å². The second kappa shape index (κ2) is 6.12. The summed E-state index contributed by atoms with van der Waals surface area (Å²) < 4.78 is 11.9. The van der Waals surface area contributed by atoms with E-state index in [1.54, 1.807) is 14.2 Å². The van der Waals surface area contributed by atoms with Crippen LogP contribution in [0, 0.1) is 0 Å². The minimum Gasteiger partial charge on any atom is -0.493 e. The first kappa shape index (κ1) is 15.5. The molecule has 0 saturated carbocycles. The van der Waals surface area contributed by atoms with E-state index in [4.69, 9.17) is 9.47 Å². The van der Waals surface area contributed by atoms with Gasteiger partial charge >= 0.3 is 0 Å². The zero-order chi connectivity index (χ0) is 17.4. The highest BCUT2D eigenvalue weighted by Gasteiger charge is 2.19. The van der Waals surface area contributed by atoms with Gasteiger partial charge in [0.25, 0.3) is 11.3 Å². The van der Waals surface area contributed by atoms with Gasteiger partial charge in [-0.15, -0.1) is 0 Å². The topological polar surface area (TPSA) is 93.5 Å². The zero-order valence-corrected chi connectivity index (χ0v) is 14.1. The van der Waals surface area contributed by atoms with Crippen molar-refractivity contribution in [3.63, 3.8) is 0 Å². The van der Waals surface area contributed by atoms with Gasteiger partial charge in [0.1, 0.15) is 0 Å². The molecule has 2 N–H and O–H groups in total. The lowest BCUT2D eigenvalue weighted by atomic mass is 10.2.